The molecule has 0 saturated carbocycles. The van der Waals surface area contributed by atoms with Crippen molar-refractivity contribution < 1.29 is 13.2 Å². The number of thioether (sulfide) groups is 1. The smallest absolute Gasteiger partial charge is 0.300 e. The summed E-state index contributed by atoms with van der Waals surface area (Å²) in [6.45, 7) is -0.393. The summed E-state index contributed by atoms with van der Waals surface area (Å²) in [5.41, 5.74) is -1.51. The van der Waals surface area contributed by atoms with Gasteiger partial charge in [-0.3, -0.25) is 4.79 Å². The maximum Gasteiger partial charge on any atom is 0.417 e. The van der Waals surface area contributed by atoms with Crippen LogP contribution in [0.5, 0.6) is 0 Å². The van der Waals surface area contributed by atoms with E-state index in [4.69, 9.17) is 5.26 Å². The molecular formula is C9H7F3N2OS. The third-order valence-electron chi connectivity index (χ3n) is 1.84. The van der Waals surface area contributed by atoms with Gasteiger partial charge in [-0.05, 0) is 12.3 Å². The Hall–Kier alpha value is -1.42. The van der Waals surface area contributed by atoms with Crippen molar-refractivity contribution in [2.45, 2.75) is 17.6 Å². The summed E-state index contributed by atoms with van der Waals surface area (Å²) in [5, 5.41) is 8.40. The number of nitriles is 1. The molecule has 0 fully saturated rings. The number of rotatable bonds is 2. The van der Waals surface area contributed by atoms with Crippen molar-refractivity contribution in [1.29, 1.82) is 5.26 Å². The van der Waals surface area contributed by atoms with E-state index in [1.54, 1.807) is 6.07 Å². The number of halogens is 3. The fourth-order valence-electron chi connectivity index (χ4n) is 1.10. The quantitative estimate of drug-likeness (QED) is 0.753. The van der Waals surface area contributed by atoms with Gasteiger partial charge in [0.05, 0.1) is 16.5 Å². The van der Waals surface area contributed by atoms with Crippen LogP contribution in [0.3, 0.4) is 0 Å². The van der Waals surface area contributed by atoms with Crippen molar-refractivity contribution in [3.8, 4) is 6.07 Å². The molecule has 7 heteroatoms. The highest BCUT2D eigenvalue weighted by atomic mass is 32.2. The topological polar surface area (TPSA) is 45.8 Å². The zero-order valence-corrected chi connectivity index (χ0v) is 9.02. The van der Waals surface area contributed by atoms with Crippen LogP contribution in [0.15, 0.2) is 22.0 Å². The molecule has 0 unspecified atom stereocenters. The summed E-state index contributed by atoms with van der Waals surface area (Å²) in [5.74, 6) is 0. The standard InChI is InChI=1S/C9H7F3N2OS/c1-16-7-4-6(9(10,11)12)5-14(3-2-13)8(7)15/h4-5H,3H2,1H3. The largest absolute Gasteiger partial charge is 0.417 e. The number of hydrogen-bond acceptors (Lipinski definition) is 3. The van der Waals surface area contributed by atoms with E-state index in [-0.39, 0.29) is 4.90 Å². The van der Waals surface area contributed by atoms with E-state index in [1.165, 1.54) is 6.26 Å². The number of hydrogen-bond donors (Lipinski definition) is 0. The molecular weight excluding hydrogens is 241 g/mol. The maximum absolute atomic E-state index is 12.4. The minimum absolute atomic E-state index is 0.0231. The number of aromatic nitrogens is 1. The average molecular weight is 248 g/mol. The summed E-state index contributed by atoms with van der Waals surface area (Å²) in [4.78, 5) is 11.5. The van der Waals surface area contributed by atoms with E-state index in [0.29, 0.717) is 6.20 Å². The predicted octanol–water partition coefficient (Wildman–Crippen LogP) is 2.11. The molecule has 86 valence electrons. The lowest BCUT2D eigenvalue weighted by Crippen LogP contribution is -2.23. The fraction of sp³-hybridized carbons (Fsp3) is 0.333. The van der Waals surface area contributed by atoms with Crippen molar-refractivity contribution >= 4 is 11.8 Å². The lowest BCUT2D eigenvalue weighted by Gasteiger charge is -2.10. The number of nitrogens with zero attached hydrogens (tertiary/aromatic N) is 2. The van der Waals surface area contributed by atoms with Gasteiger partial charge in [0, 0.05) is 6.20 Å². The first-order chi connectivity index (χ1) is 7.40. The molecule has 0 aliphatic rings. The van der Waals surface area contributed by atoms with Crippen LogP contribution in [0.1, 0.15) is 5.56 Å². The average Bonchev–Trinajstić information content (AvgIpc) is 2.19. The zero-order chi connectivity index (χ0) is 12.3. The Kier molecular flexibility index (Phi) is 3.65. The van der Waals surface area contributed by atoms with Crippen LogP contribution in [-0.2, 0) is 12.7 Å². The minimum atomic E-state index is -4.52. The van der Waals surface area contributed by atoms with Gasteiger partial charge in [-0.15, -0.1) is 11.8 Å². The summed E-state index contributed by atoms with van der Waals surface area (Å²) in [7, 11) is 0. The SMILES string of the molecule is CSc1cc(C(F)(F)F)cn(CC#N)c1=O. The molecule has 0 amide bonds. The molecule has 1 heterocycles. The molecule has 3 nitrogen and oxygen atoms in total. The van der Waals surface area contributed by atoms with Crippen LogP contribution >= 0.6 is 11.8 Å². The van der Waals surface area contributed by atoms with Crippen LogP contribution in [0.25, 0.3) is 0 Å². The van der Waals surface area contributed by atoms with Crippen LogP contribution in [-0.4, -0.2) is 10.8 Å². The van der Waals surface area contributed by atoms with Crippen LogP contribution in [0.2, 0.25) is 0 Å². The van der Waals surface area contributed by atoms with E-state index in [1.807, 2.05) is 0 Å². The number of pyridine rings is 1. The van der Waals surface area contributed by atoms with Gasteiger partial charge in [0.15, 0.2) is 0 Å². The van der Waals surface area contributed by atoms with Gasteiger partial charge < -0.3 is 4.57 Å². The fourth-order valence-corrected chi connectivity index (χ4v) is 1.64. The van der Waals surface area contributed by atoms with Crippen molar-refractivity contribution in [3.63, 3.8) is 0 Å². The Labute approximate surface area is 93.5 Å². The molecule has 0 spiro atoms. The monoisotopic (exact) mass is 248 g/mol. The molecule has 0 aromatic carbocycles. The summed E-state index contributed by atoms with van der Waals surface area (Å²) >= 11 is 0.923. The molecule has 1 aromatic heterocycles. The van der Waals surface area contributed by atoms with Crippen molar-refractivity contribution in [2.24, 2.45) is 0 Å². The van der Waals surface area contributed by atoms with E-state index in [0.717, 1.165) is 22.4 Å². The lowest BCUT2D eigenvalue weighted by molar-refractivity contribution is -0.138. The Bertz CT molecular complexity index is 487. The maximum atomic E-state index is 12.4. The molecule has 0 radical (unpaired) electrons. The number of alkyl halides is 3. The molecule has 0 saturated heterocycles. The first-order valence-corrected chi connectivity index (χ1v) is 5.35. The van der Waals surface area contributed by atoms with Crippen molar-refractivity contribution in [1.82, 2.24) is 4.57 Å². The highest BCUT2D eigenvalue weighted by Gasteiger charge is 2.32. The Morgan fingerprint density at radius 1 is 1.56 bits per heavy atom. The van der Waals surface area contributed by atoms with E-state index < -0.39 is 23.8 Å². The molecule has 0 N–H and O–H groups in total. The van der Waals surface area contributed by atoms with Gasteiger partial charge in [0.1, 0.15) is 6.54 Å². The second kappa shape index (κ2) is 4.61. The molecule has 16 heavy (non-hydrogen) atoms. The normalized spacial score (nSPS) is 11.2. The van der Waals surface area contributed by atoms with Crippen molar-refractivity contribution in [2.75, 3.05) is 6.26 Å². The Balaban J connectivity index is 3.42. The van der Waals surface area contributed by atoms with Gasteiger partial charge in [-0.2, -0.15) is 18.4 Å². The highest BCUT2D eigenvalue weighted by Crippen LogP contribution is 2.30. The van der Waals surface area contributed by atoms with Gasteiger partial charge in [0.2, 0.25) is 0 Å². The van der Waals surface area contributed by atoms with Crippen LogP contribution in [0.4, 0.5) is 13.2 Å². The Morgan fingerprint density at radius 2 is 2.19 bits per heavy atom. The van der Waals surface area contributed by atoms with E-state index in [2.05, 4.69) is 0 Å². The third-order valence-corrected chi connectivity index (χ3v) is 2.57. The van der Waals surface area contributed by atoms with Crippen LogP contribution in [0, 0.1) is 11.3 Å². The zero-order valence-electron chi connectivity index (χ0n) is 8.21. The molecule has 1 aromatic rings. The molecule has 0 bridgehead atoms. The summed E-state index contributed by atoms with van der Waals surface area (Å²) in [6.07, 6.45) is -2.35. The molecule has 0 aliphatic carbocycles. The van der Waals surface area contributed by atoms with Gasteiger partial charge in [0.25, 0.3) is 5.56 Å². The molecule has 0 atom stereocenters. The third kappa shape index (κ3) is 2.58. The summed E-state index contributed by atoms with van der Waals surface area (Å²) < 4.78 is 38.1. The van der Waals surface area contributed by atoms with Gasteiger partial charge >= 0.3 is 6.18 Å². The van der Waals surface area contributed by atoms with Gasteiger partial charge in [-0.25, -0.2) is 0 Å². The minimum Gasteiger partial charge on any atom is -0.300 e. The first-order valence-electron chi connectivity index (χ1n) is 4.12. The second-order valence-electron chi connectivity index (χ2n) is 2.89. The predicted molar refractivity (Wildman–Crippen MR) is 53.1 cm³/mol. The van der Waals surface area contributed by atoms with Crippen LogP contribution < -0.4 is 5.56 Å². The lowest BCUT2D eigenvalue weighted by atomic mass is 10.3. The van der Waals surface area contributed by atoms with E-state index >= 15 is 0 Å². The molecule has 0 aliphatic heterocycles. The second-order valence-corrected chi connectivity index (χ2v) is 3.73. The van der Waals surface area contributed by atoms with Crippen molar-refractivity contribution in [3.05, 3.63) is 28.2 Å². The summed E-state index contributed by atoms with van der Waals surface area (Å²) in [6, 6.07) is 2.43. The highest BCUT2D eigenvalue weighted by molar-refractivity contribution is 7.98. The Morgan fingerprint density at radius 3 is 2.62 bits per heavy atom. The van der Waals surface area contributed by atoms with E-state index in [9.17, 15) is 18.0 Å². The molecule has 1 rings (SSSR count). The van der Waals surface area contributed by atoms with Gasteiger partial charge in [-0.1, -0.05) is 0 Å². The first kappa shape index (κ1) is 12.6.